The van der Waals surface area contributed by atoms with Gasteiger partial charge in [0.25, 0.3) is 0 Å². The molecule has 0 saturated heterocycles. The van der Waals surface area contributed by atoms with E-state index in [9.17, 15) is 4.79 Å². The van der Waals surface area contributed by atoms with E-state index in [0.29, 0.717) is 5.82 Å². The van der Waals surface area contributed by atoms with Crippen molar-refractivity contribution in [2.75, 3.05) is 0 Å². The summed E-state index contributed by atoms with van der Waals surface area (Å²) in [5.74, 6) is 0.677. The molecule has 9 aromatic rings. The fourth-order valence-corrected chi connectivity index (χ4v) is 7.85. The Labute approximate surface area is 287 Å². The van der Waals surface area contributed by atoms with Crippen molar-refractivity contribution in [2.24, 2.45) is 14.1 Å². The summed E-state index contributed by atoms with van der Waals surface area (Å²) < 4.78 is 5.98. The van der Waals surface area contributed by atoms with Gasteiger partial charge >= 0.3 is 5.69 Å². The maximum absolute atomic E-state index is 12.6. The Bertz CT molecular complexity index is 2770. The van der Waals surface area contributed by atoms with Crippen molar-refractivity contribution < 1.29 is 0 Å². The number of benzene rings is 6. The Morgan fingerprint density at radius 3 is 1.73 bits per heavy atom. The molecule has 0 spiro atoms. The first-order chi connectivity index (χ1) is 24.0. The number of imidazole rings is 1. The first-order valence-electron chi connectivity index (χ1n) is 16.2. The zero-order valence-electron chi connectivity index (χ0n) is 27.0. The Morgan fingerprint density at radius 1 is 0.449 bits per heavy atom. The predicted molar refractivity (Wildman–Crippen MR) is 204 cm³/mol. The predicted octanol–water partition coefficient (Wildman–Crippen LogP) is 10.4. The molecule has 0 bridgehead atoms. The molecule has 0 amide bonds. The maximum atomic E-state index is 12.6. The highest BCUT2D eigenvalue weighted by molar-refractivity contribution is 7.25. The first kappa shape index (κ1) is 29.1. The number of nitrogens with zero attached hydrogens (tertiary/aromatic N) is 4. The molecule has 0 unspecified atom stereocenters. The van der Waals surface area contributed by atoms with E-state index in [2.05, 4.69) is 121 Å². The van der Waals surface area contributed by atoms with Crippen molar-refractivity contribution in [3.8, 4) is 56.2 Å². The van der Waals surface area contributed by atoms with Gasteiger partial charge in [0.05, 0.1) is 22.4 Å². The van der Waals surface area contributed by atoms with Crippen LogP contribution >= 0.6 is 11.3 Å². The van der Waals surface area contributed by atoms with E-state index >= 15 is 0 Å². The molecular formula is C43H30N4OS. The standard InChI is InChI=1S/C43H30N4OS/c1-46-38-20-18-31(25-39(38)47(2)43(46)48)29-13-9-15-33(23-29)37-26-36(44-42(45-37)27-10-4-3-5-11-27)32-14-8-12-28(22-32)30-19-21-41-35(24-30)34-16-6-7-17-40(34)49-41/h3-26H,1-2H3. The molecule has 3 heterocycles. The molecule has 0 saturated carbocycles. The number of aryl methyl sites for hydroxylation is 2. The van der Waals surface area contributed by atoms with E-state index in [1.54, 1.807) is 9.13 Å². The first-order valence-corrected chi connectivity index (χ1v) is 17.0. The average molecular weight is 651 g/mol. The van der Waals surface area contributed by atoms with Crippen molar-refractivity contribution in [2.45, 2.75) is 0 Å². The van der Waals surface area contributed by atoms with Crippen LogP contribution in [0.4, 0.5) is 0 Å². The second kappa shape index (κ2) is 11.5. The fourth-order valence-electron chi connectivity index (χ4n) is 6.77. The summed E-state index contributed by atoms with van der Waals surface area (Å²) in [6.45, 7) is 0. The summed E-state index contributed by atoms with van der Waals surface area (Å²) in [5, 5.41) is 2.58. The summed E-state index contributed by atoms with van der Waals surface area (Å²) in [5.41, 5.74) is 10.9. The van der Waals surface area contributed by atoms with Crippen LogP contribution in [-0.2, 0) is 14.1 Å². The summed E-state index contributed by atoms with van der Waals surface area (Å²) in [4.78, 5) is 22.8. The van der Waals surface area contributed by atoms with Gasteiger partial charge in [-0.3, -0.25) is 9.13 Å². The van der Waals surface area contributed by atoms with Crippen molar-refractivity contribution in [1.82, 2.24) is 19.1 Å². The molecular weight excluding hydrogens is 621 g/mol. The molecule has 0 aliphatic carbocycles. The monoisotopic (exact) mass is 650 g/mol. The Kier molecular flexibility index (Phi) is 6.85. The van der Waals surface area contributed by atoms with Gasteiger partial charge in [0.1, 0.15) is 0 Å². The SMILES string of the molecule is Cn1c(=O)n(C)c2cc(-c3cccc(-c4cc(-c5cccc(-c6ccc7sc8ccccc8c7c6)c5)nc(-c5ccccc5)n4)c3)ccc21. The molecule has 0 radical (unpaired) electrons. The van der Waals surface area contributed by atoms with Crippen molar-refractivity contribution in [3.63, 3.8) is 0 Å². The van der Waals surface area contributed by atoms with Crippen molar-refractivity contribution >= 4 is 42.5 Å². The highest BCUT2D eigenvalue weighted by Gasteiger charge is 2.14. The van der Waals surface area contributed by atoms with Gasteiger partial charge in [0.15, 0.2) is 5.82 Å². The van der Waals surface area contributed by atoms with Crippen molar-refractivity contribution in [3.05, 3.63) is 156 Å². The molecule has 0 N–H and O–H groups in total. The molecule has 0 aliphatic heterocycles. The van der Waals surface area contributed by atoms with Gasteiger partial charge in [0, 0.05) is 51.0 Å². The van der Waals surface area contributed by atoms with E-state index < -0.39 is 0 Å². The minimum absolute atomic E-state index is 0.0348. The average Bonchev–Trinajstić information content (AvgIpc) is 3.64. The lowest BCUT2D eigenvalue weighted by atomic mass is 9.98. The van der Waals surface area contributed by atoms with Crippen LogP contribution in [0.15, 0.2) is 150 Å². The lowest BCUT2D eigenvalue weighted by molar-refractivity contribution is 0.795. The van der Waals surface area contributed by atoms with Crippen LogP contribution in [0.3, 0.4) is 0 Å². The largest absolute Gasteiger partial charge is 0.328 e. The fraction of sp³-hybridized carbons (Fsp3) is 0.0465. The molecule has 9 rings (SSSR count). The molecule has 6 aromatic carbocycles. The number of hydrogen-bond donors (Lipinski definition) is 0. The maximum Gasteiger partial charge on any atom is 0.328 e. The lowest BCUT2D eigenvalue weighted by Crippen LogP contribution is -2.19. The van der Waals surface area contributed by atoms with Gasteiger partial charge < -0.3 is 0 Å². The van der Waals surface area contributed by atoms with E-state index in [1.165, 1.54) is 25.7 Å². The molecule has 6 heteroatoms. The van der Waals surface area contributed by atoms with Crippen LogP contribution in [0.2, 0.25) is 0 Å². The Hall–Kier alpha value is -6.11. The minimum Gasteiger partial charge on any atom is -0.295 e. The molecule has 5 nitrogen and oxygen atoms in total. The number of rotatable bonds is 5. The summed E-state index contributed by atoms with van der Waals surface area (Å²) in [7, 11) is 3.62. The Balaban J connectivity index is 1.16. The van der Waals surface area contributed by atoms with E-state index in [4.69, 9.17) is 9.97 Å². The quantitative estimate of drug-likeness (QED) is 0.186. The second-order valence-corrected chi connectivity index (χ2v) is 13.5. The smallest absolute Gasteiger partial charge is 0.295 e. The second-order valence-electron chi connectivity index (χ2n) is 12.4. The van der Waals surface area contributed by atoms with Gasteiger partial charge in [-0.2, -0.15) is 0 Å². The summed E-state index contributed by atoms with van der Waals surface area (Å²) >= 11 is 1.83. The lowest BCUT2D eigenvalue weighted by Gasteiger charge is -2.12. The molecule has 234 valence electrons. The number of thiophene rings is 1. The third kappa shape index (κ3) is 5.05. The van der Waals surface area contributed by atoms with Gasteiger partial charge in [-0.1, -0.05) is 97.1 Å². The van der Waals surface area contributed by atoms with Gasteiger partial charge in [-0.25, -0.2) is 14.8 Å². The number of fused-ring (bicyclic) bond motifs is 4. The number of hydrogen-bond acceptors (Lipinski definition) is 4. The van der Waals surface area contributed by atoms with Crippen LogP contribution < -0.4 is 5.69 Å². The molecule has 0 fully saturated rings. The topological polar surface area (TPSA) is 52.7 Å². The zero-order chi connectivity index (χ0) is 33.1. The van der Waals surface area contributed by atoms with E-state index in [0.717, 1.165) is 55.8 Å². The van der Waals surface area contributed by atoms with Gasteiger partial charge in [0.2, 0.25) is 0 Å². The van der Waals surface area contributed by atoms with E-state index in [1.807, 2.05) is 49.7 Å². The molecule has 49 heavy (non-hydrogen) atoms. The number of aromatic nitrogens is 4. The Morgan fingerprint density at radius 2 is 1.00 bits per heavy atom. The van der Waals surface area contributed by atoms with Crippen LogP contribution in [0.5, 0.6) is 0 Å². The van der Waals surface area contributed by atoms with Gasteiger partial charge in [-0.15, -0.1) is 11.3 Å². The third-order valence-electron chi connectivity index (χ3n) is 9.39. The summed E-state index contributed by atoms with van der Waals surface area (Å²) in [6.07, 6.45) is 0. The highest BCUT2D eigenvalue weighted by Crippen LogP contribution is 2.37. The van der Waals surface area contributed by atoms with Gasteiger partial charge in [-0.05, 0) is 70.8 Å². The van der Waals surface area contributed by atoms with E-state index in [-0.39, 0.29) is 5.69 Å². The van der Waals surface area contributed by atoms with Crippen LogP contribution in [0, 0.1) is 0 Å². The van der Waals surface area contributed by atoms with Crippen molar-refractivity contribution in [1.29, 1.82) is 0 Å². The normalized spacial score (nSPS) is 11.6. The zero-order valence-corrected chi connectivity index (χ0v) is 27.8. The van der Waals surface area contributed by atoms with Crippen LogP contribution in [-0.4, -0.2) is 19.1 Å². The third-order valence-corrected chi connectivity index (χ3v) is 10.5. The minimum atomic E-state index is -0.0348. The highest BCUT2D eigenvalue weighted by atomic mass is 32.1. The summed E-state index contributed by atoms with van der Waals surface area (Å²) in [6, 6.07) is 50.8. The molecule has 3 aromatic heterocycles. The molecule has 0 aliphatic rings. The van der Waals surface area contributed by atoms with Crippen LogP contribution in [0.25, 0.3) is 87.4 Å². The van der Waals surface area contributed by atoms with Crippen LogP contribution in [0.1, 0.15) is 0 Å². The molecule has 0 atom stereocenters.